The summed E-state index contributed by atoms with van der Waals surface area (Å²) in [6.45, 7) is 1.26. The third-order valence-corrected chi connectivity index (χ3v) is 8.91. The number of pyridine rings is 1. The number of rotatable bonds is 2. The minimum atomic E-state index is -0.790. The van der Waals surface area contributed by atoms with Crippen LogP contribution in [0.2, 0.25) is 0 Å². The number of amides is 1. The van der Waals surface area contributed by atoms with Crippen LogP contribution in [-0.2, 0) is 23.3 Å². The van der Waals surface area contributed by atoms with Crippen molar-refractivity contribution in [3.8, 4) is 11.6 Å². The molecule has 3 aliphatic heterocycles. The fraction of sp³-hybridized carbons (Fsp3) is 0.367. The second kappa shape index (κ2) is 9.23. The summed E-state index contributed by atoms with van der Waals surface area (Å²) in [7, 11) is 2.20. The number of aliphatic hydroxyl groups is 1. The lowest BCUT2D eigenvalue weighted by atomic mass is 9.90. The molecule has 8 rings (SSSR count). The Bertz CT molecular complexity index is 1860. The zero-order chi connectivity index (χ0) is 28.6. The Balaban J connectivity index is 1.24. The van der Waals surface area contributed by atoms with E-state index in [1.165, 1.54) is 26.9 Å². The molecule has 1 aromatic carbocycles. The molecule has 2 bridgehead atoms. The molecule has 1 saturated carbocycles. The van der Waals surface area contributed by atoms with Crippen molar-refractivity contribution >= 4 is 34.4 Å². The van der Waals surface area contributed by atoms with Gasteiger partial charge in [-0.15, -0.1) is 0 Å². The summed E-state index contributed by atoms with van der Waals surface area (Å²) in [5.74, 6) is 1.20. The maximum absolute atomic E-state index is 13.6. The van der Waals surface area contributed by atoms with Gasteiger partial charge in [0, 0.05) is 24.0 Å². The Labute approximate surface area is 240 Å². The molecule has 1 unspecified atom stereocenters. The molecule has 12 heteroatoms. The number of benzene rings is 1. The van der Waals surface area contributed by atoms with E-state index in [4.69, 9.17) is 14.7 Å². The average molecular weight is 567 g/mol. The Morgan fingerprint density at radius 1 is 1.12 bits per heavy atom. The van der Waals surface area contributed by atoms with Gasteiger partial charge in [0.1, 0.15) is 5.39 Å². The molecule has 1 amide bonds. The van der Waals surface area contributed by atoms with Crippen molar-refractivity contribution in [1.82, 2.24) is 29.2 Å². The van der Waals surface area contributed by atoms with E-state index in [1.54, 1.807) is 16.8 Å². The molecular formula is C30H30N8O4. The van der Waals surface area contributed by atoms with Crippen molar-refractivity contribution in [2.45, 2.75) is 43.9 Å². The first kappa shape index (κ1) is 25.2. The molecular weight excluding hydrogens is 536 g/mol. The van der Waals surface area contributed by atoms with Crippen molar-refractivity contribution in [3.63, 3.8) is 0 Å². The van der Waals surface area contributed by atoms with Gasteiger partial charge in [-0.05, 0) is 68.1 Å². The van der Waals surface area contributed by atoms with Crippen LogP contribution in [-0.4, -0.2) is 73.1 Å². The Morgan fingerprint density at radius 2 is 2.00 bits per heavy atom. The van der Waals surface area contributed by atoms with Crippen LogP contribution in [0.15, 0.2) is 53.5 Å². The first-order valence-electron chi connectivity index (χ1n) is 14.3. The minimum Gasteiger partial charge on any atom is -0.480 e. The van der Waals surface area contributed by atoms with Gasteiger partial charge >= 0.3 is 0 Å². The highest BCUT2D eigenvalue weighted by molar-refractivity contribution is 5.97. The third-order valence-electron chi connectivity index (χ3n) is 8.91. The molecule has 214 valence electrons. The molecule has 0 saturated heterocycles. The number of hydrogen-bond acceptors (Lipinski definition) is 9. The van der Waals surface area contributed by atoms with Crippen LogP contribution in [0.3, 0.4) is 0 Å². The summed E-state index contributed by atoms with van der Waals surface area (Å²) in [5, 5.41) is 14.3. The van der Waals surface area contributed by atoms with Crippen molar-refractivity contribution in [3.05, 3.63) is 70.2 Å². The number of ether oxygens (including phenoxy) is 1. The van der Waals surface area contributed by atoms with Gasteiger partial charge in [0.25, 0.3) is 11.5 Å². The van der Waals surface area contributed by atoms with Gasteiger partial charge in [-0.3, -0.25) is 19.4 Å². The first-order chi connectivity index (χ1) is 20.4. The number of hydrogen-bond donors (Lipinski definition) is 2. The lowest BCUT2D eigenvalue weighted by Gasteiger charge is -2.35. The lowest BCUT2D eigenvalue weighted by molar-refractivity contribution is -0.121. The number of carbonyl (C=O) groups excluding carboxylic acids is 1. The molecule has 4 aromatic rings. The number of likely N-dealkylation sites (N-methyl/N-ethyl adjacent to an activating group) is 1. The highest BCUT2D eigenvalue weighted by Gasteiger charge is 2.50. The minimum absolute atomic E-state index is 0.0866. The SMILES string of the molecule is CN1CCc2ccc(Nc3ncc4c(=O)n5n(c4n3)-c3ccc4c(n3)N(CC(O)C/C=C\C5)C(=O)CO4)cc2C12CC2. The molecule has 1 aliphatic carbocycles. The van der Waals surface area contributed by atoms with E-state index in [9.17, 15) is 14.7 Å². The first-order valence-corrected chi connectivity index (χ1v) is 14.3. The Hall–Kier alpha value is -4.55. The second-order valence-corrected chi connectivity index (χ2v) is 11.5. The smallest absolute Gasteiger partial charge is 0.278 e. The fourth-order valence-electron chi connectivity index (χ4n) is 6.48. The maximum atomic E-state index is 13.6. The zero-order valence-corrected chi connectivity index (χ0v) is 23.2. The number of anilines is 3. The molecule has 1 fully saturated rings. The van der Waals surface area contributed by atoms with Crippen LogP contribution in [0.5, 0.6) is 5.75 Å². The van der Waals surface area contributed by atoms with Crippen molar-refractivity contribution in [2.24, 2.45) is 0 Å². The highest BCUT2D eigenvalue weighted by atomic mass is 16.5. The molecule has 12 nitrogen and oxygen atoms in total. The summed E-state index contributed by atoms with van der Waals surface area (Å²) in [4.78, 5) is 44.3. The summed E-state index contributed by atoms with van der Waals surface area (Å²) in [6.07, 6.45) is 8.07. The van der Waals surface area contributed by atoms with Crippen LogP contribution in [0, 0.1) is 0 Å². The third kappa shape index (κ3) is 3.86. The number of aliphatic hydroxyl groups excluding tert-OH is 1. The number of allylic oxidation sites excluding steroid dienone is 1. The summed E-state index contributed by atoms with van der Waals surface area (Å²) in [6, 6.07) is 9.91. The summed E-state index contributed by atoms with van der Waals surface area (Å²) < 4.78 is 8.81. The van der Waals surface area contributed by atoms with Gasteiger partial charge in [-0.25, -0.2) is 19.3 Å². The van der Waals surface area contributed by atoms with Gasteiger partial charge in [0.15, 0.2) is 29.6 Å². The Morgan fingerprint density at radius 3 is 2.86 bits per heavy atom. The largest absolute Gasteiger partial charge is 0.480 e. The van der Waals surface area contributed by atoms with Gasteiger partial charge in [-0.1, -0.05) is 18.2 Å². The van der Waals surface area contributed by atoms with Gasteiger partial charge in [0.2, 0.25) is 5.95 Å². The number of nitrogens with zero attached hydrogens (tertiary/aromatic N) is 7. The quantitative estimate of drug-likeness (QED) is 0.351. The van der Waals surface area contributed by atoms with Gasteiger partial charge in [0.05, 0.1) is 19.2 Å². The zero-order valence-electron chi connectivity index (χ0n) is 23.2. The van der Waals surface area contributed by atoms with Crippen molar-refractivity contribution < 1.29 is 14.6 Å². The highest BCUT2D eigenvalue weighted by Crippen LogP contribution is 2.53. The maximum Gasteiger partial charge on any atom is 0.278 e. The number of carbonyl (C=O) groups is 1. The normalized spacial score (nSPS) is 21.6. The van der Waals surface area contributed by atoms with Crippen molar-refractivity contribution in [1.29, 1.82) is 0 Å². The fourth-order valence-corrected chi connectivity index (χ4v) is 6.48. The van der Waals surface area contributed by atoms with E-state index in [1.807, 2.05) is 12.2 Å². The topological polar surface area (TPSA) is 131 Å². The van der Waals surface area contributed by atoms with Crippen LogP contribution < -0.4 is 20.5 Å². The van der Waals surface area contributed by atoms with Crippen molar-refractivity contribution in [2.75, 3.05) is 37.0 Å². The van der Waals surface area contributed by atoms with E-state index in [-0.39, 0.29) is 36.7 Å². The second-order valence-electron chi connectivity index (χ2n) is 11.5. The van der Waals surface area contributed by atoms with Crippen LogP contribution >= 0.6 is 0 Å². The number of fused-ring (bicyclic) bond motifs is 7. The van der Waals surface area contributed by atoms with Crippen LogP contribution in [0.25, 0.3) is 16.9 Å². The van der Waals surface area contributed by atoms with E-state index >= 15 is 0 Å². The predicted octanol–water partition coefficient (Wildman–Crippen LogP) is 2.24. The molecule has 6 heterocycles. The number of nitrogens with one attached hydrogen (secondary N) is 1. The monoisotopic (exact) mass is 566 g/mol. The standard InChI is InChI=1S/C30H30N8O4/c1-35-13-9-18-5-6-19(14-22(18)30(35)10-11-30)32-29-31-15-21-26(34-29)38-24-8-7-23-27(33-24)36(25(40)17-42-23)16-20(39)4-2-3-12-37(38)28(21)41/h2-3,5-8,14-15,20,39H,4,9-13,16-17H2,1H3,(H,31,32,34)/b3-2-. The molecule has 4 aliphatic rings. The van der Waals surface area contributed by atoms with E-state index in [0.29, 0.717) is 40.8 Å². The van der Waals surface area contributed by atoms with Gasteiger partial charge < -0.3 is 15.2 Å². The lowest BCUT2D eigenvalue weighted by Crippen LogP contribution is -2.44. The van der Waals surface area contributed by atoms with E-state index in [2.05, 4.69) is 40.4 Å². The number of aromatic nitrogens is 5. The molecule has 1 atom stereocenters. The molecule has 0 radical (unpaired) electrons. The molecule has 42 heavy (non-hydrogen) atoms. The molecule has 2 N–H and O–H groups in total. The summed E-state index contributed by atoms with van der Waals surface area (Å²) in [5.41, 5.74) is 3.91. The van der Waals surface area contributed by atoms with E-state index in [0.717, 1.165) is 31.5 Å². The van der Waals surface area contributed by atoms with Crippen LogP contribution in [0.4, 0.5) is 17.5 Å². The molecule has 1 spiro atoms. The average Bonchev–Trinajstić information content (AvgIpc) is 3.74. The van der Waals surface area contributed by atoms with Crippen LogP contribution in [0.1, 0.15) is 30.4 Å². The summed E-state index contributed by atoms with van der Waals surface area (Å²) >= 11 is 0. The predicted molar refractivity (Wildman–Crippen MR) is 156 cm³/mol. The Kier molecular flexibility index (Phi) is 5.53. The van der Waals surface area contributed by atoms with Gasteiger partial charge in [-0.2, -0.15) is 4.98 Å². The molecule has 3 aromatic heterocycles. The van der Waals surface area contributed by atoms with E-state index < -0.39 is 6.10 Å².